The first-order valence-electron chi connectivity index (χ1n) is 4.21. The summed E-state index contributed by atoms with van der Waals surface area (Å²) < 4.78 is 1.86. The molecule has 1 N–H and O–H groups in total. The maximum atomic E-state index is 10.5. The zero-order valence-electron chi connectivity index (χ0n) is 8.39. The SMILES string of the molecule is Cc1nnc(CSC(C)C(=O)O)n1C. The summed E-state index contributed by atoms with van der Waals surface area (Å²) in [5.74, 6) is 1.42. The third-order valence-corrected chi connectivity index (χ3v) is 3.12. The molecule has 1 aromatic rings. The Morgan fingerprint density at radius 1 is 1.64 bits per heavy atom. The minimum absolute atomic E-state index is 0.410. The standard InChI is InChI=1S/C8H13N3O2S/c1-5(8(12)13)14-4-7-10-9-6(2)11(7)3/h5H,4H2,1-3H3,(H,12,13). The van der Waals surface area contributed by atoms with Crippen LogP contribution >= 0.6 is 11.8 Å². The van der Waals surface area contributed by atoms with Gasteiger partial charge in [0.05, 0.1) is 11.0 Å². The fourth-order valence-electron chi connectivity index (χ4n) is 0.848. The minimum atomic E-state index is -0.797. The zero-order chi connectivity index (χ0) is 10.7. The molecule has 0 bridgehead atoms. The molecular formula is C8H13N3O2S. The molecule has 0 fully saturated rings. The molecule has 78 valence electrons. The predicted octanol–water partition coefficient (Wildman–Crippen LogP) is 0.830. The van der Waals surface area contributed by atoms with E-state index in [0.29, 0.717) is 5.75 Å². The van der Waals surface area contributed by atoms with Crippen LogP contribution in [-0.4, -0.2) is 31.1 Å². The van der Waals surface area contributed by atoms with Crippen molar-refractivity contribution in [2.75, 3.05) is 0 Å². The molecule has 0 spiro atoms. The van der Waals surface area contributed by atoms with Gasteiger partial charge >= 0.3 is 5.97 Å². The molecule has 0 saturated heterocycles. The van der Waals surface area contributed by atoms with E-state index in [1.165, 1.54) is 11.8 Å². The predicted molar refractivity (Wildman–Crippen MR) is 54.1 cm³/mol. The lowest BCUT2D eigenvalue weighted by Crippen LogP contribution is -2.12. The quantitative estimate of drug-likeness (QED) is 0.805. The smallest absolute Gasteiger partial charge is 0.316 e. The van der Waals surface area contributed by atoms with E-state index in [4.69, 9.17) is 5.11 Å². The van der Waals surface area contributed by atoms with Crippen LogP contribution in [0.5, 0.6) is 0 Å². The van der Waals surface area contributed by atoms with Gasteiger partial charge in [-0.1, -0.05) is 0 Å². The van der Waals surface area contributed by atoms with Gasteiger partial charge in [0.2, 0.25) is 0 Å². The van der Waals surface area contributed by atoms with E-state index in [2.05, 4.69) is 10.2 Å². The molecule has 0 aliphatic heterocycles. The second-order valence-corrected chi connectivity index (χ2v) is 4.34. The lowest BCUT2D eigenvalue weighted by molar-refractivity contribution is -0.136. The Labute approximate surface area is 86.5 Å². The first-order valence-corrected chi connectivity index (χ1v) is 5.26. The largest absolute Gasteiger partial charge is 0.480 e. The zero-order valence-corrected chi connectivity index (χ0v) is 9.21. The van der Waals surface area contributed by atoms with Gasteiger partial charge in [-0.05, 0) is 13.8 Å². The van der Waals surface area contributed by atoms with Crippen molar-refractivity contribution < 1.29 is 9.90 Å². The van der Waals surface area contributed by atoms with E-state index in [9.17, 15) is 4.79 Å². The molecule has 0 aromatic carbocycles. The third-order valence-electron chi connectivity index (χ3n) is 1.99. The number of rotatable bonds is 4. The average molecular weight is 215 g/mol. The van der Waals surface area contributed by atoms with Crippen molar-refractivity contribution in [1.82, 2.24) is 14.8 Å². The van der Waals surface area contributed by atoms with E-state index < -0.39 is 11.2 Å². The molecule has 0 amide bonds. The maximum absolute atomic E-state index is 10.5. The van der Waals surface area contributed by atoms with Crippen molar-refractivity contribution >= 4 is 17.7 Å². The molecule has 1 atom stereocenters. The van der Waals surface area contributed by atoms with Gasteiger partial charge in [0.15, 0.2) is 0 Å². The van der Waals surface area contributed by atoms with E-state index in [0.717, 1.165) is 11.6 Å². The summed E-state index contributed by atoms with van der Waals surface area (Å²) in [6.07, 6.45) is 0. The maximum Gasteiger partial charge on any atom is 0.316 e. The van der Waals surface area contributed by atoms with Gasteiger partial charge in [-0.25, -0.2) is 0 Å². The van der Waals surface area contributed by atoms with Gasteiger partial charge in [-0.3, -0.25) is 4.79 Å². The molecule has 1 heterocycles. The first-order chi connectivity index (χ1) is 6.52. The van der Waals surface area contributed by atoms with Crippen LogP contribution in [0.15, 0.2) is 0 Å². The van der Waals surface area contributed by atoms with Gasteiger partial charge in [0.1, 0.15) is 11.6 Å². The van der Waals surface area contributed by atoms with Gasteiger partial charge in [-0.15, -0.1) is 22.0 Å². The summed E-state index contributed by atoms with van der Waals surface area (Å²) in [6.45, 7) is 3.53. The summed E-state index contributed by atoms with van der Waals surface area (Å²) >= 11 is 1.34. The number of nitrogens with zero attached hydrogens (tertiary/aromatic N) is 3. The van der Waals surface area contributed by atoms with Crippen LogP contribution in [0.4, 0.5) is 0 Å². The number of thioether (sulfide) groups is 1. The number of carboxylic acid groups (broad SMARTS) is 1. The summed E-state index contributed by atoms with van der Waals surface area (Å²) in [4.78, 5) is 10.5. The second-order valence-electron chi connectivity index (χ2n) is 3.01. The van der Waals surface area contributed by atoms with Crippen molar-refractivity contribution in [2.24, 2.45) is 7.05 Å². The summed E-state index contributed by atoms with van der Waals surface area (Å²) in [5.41, 5.74) is 0. The Kier molecular flexibility index (Phi) is 3.51. The van der Waals surface area contributed by atoms with Crippen LogP contribution in [0, 0.1) is 6.92 Å². The van der Waals surface area contributed by atoms with E-state index in [-0.39, 0.29) is 0 Å². The van der Waals surface area contributed by atoms with Crippen LogP contribution in [0.25, 0.3) is 0 Å². The summed E-state index contributed by atoms with van der Waals surface area (Å²) in [5, 5.41) is 16.1. The molecular weight excluding hydrogens is 202 g/mol. The third kappa shape index (κ3) is 2.47. The summed E-state index contributed by atoms with van der Waals surface area (Å²) in [6, 6.07) is 0. The molecule has 1 aromatic heterocycles. The van der Waals surface area contributed by atoms with Gasteiger partial charge in [0.25, 0.3) is 0 Å². The molecule has 0 radical (unpaired) electrons. The molecule has 0 aliphatic carbocycles. The number of aliphatic carboxylic acids is 1. The number of aryl methyl sites for hydroxylation is 1. The van der Waals surface area contributed by atoms with E-state index >= 15 is 0 Å². The Bertz CT molecular complexity index is 337. The Hall–Kier alpha value is -1.04. The van der Waals surface area contributed by atoms with Crippen molar-refractivity contribution in [2.45, 2.75) is 24.9 Å². The fourth-order valence-corrected chi connectivity index (χ4v) is 1.64. The lowest BCUT2D eigenvalue weighted by atomic mass is 10.5. The van der Waals surface area contributed by atoms with Crippen molar-refractivity contribution in [3.8, 4) is 0 Å². The highest BCUT2D eigenvalue weighted by Gasteiger charge is 2.13. The highest BCUT2D eigenvalue weighted by Crippen LogP contribution is 2.16. The van der Waals surface area contributed by atoms with Gasteiger partial charge in [0, 0.05) is 7.05 Å². The van der Waals surface area contributed by atoms with Crippen LogP contribution in [-0.2, 0) is 17.6 Å². The van der Waals surface area contributed by atoms with Crippen LogP contribution < -0.4 is 0 Å². The molecule has 1 unspecified atom stereocenters. The number of carbonyl (C=O) groups is 1. The average Bonchev–Trinajstić information content (AvgIpc) is 2.44. The highest BCUT2D eigenvalue weighted by atomic mass is 32.2. The number of hydrogen-bond donors (Lipinski definition) is 1. The van der Waals surface area contributed by atoms with Crippen LogP contribution in [0.1, 0.15) is 18.6 Å². The molecule has 1 rings (SSSR count). The normalized spacial score (nSPS) is 12.8. The second kappa shape index (κ2) is 4.45. The van der Waals surface area contributed by atoms with Crippen molar-refractivity contribution in [3.63, 3.8) is 0 Å². The van der Waals surface area contributed by atoms with Gasteiger partial charge < -0.3 is 9.67 Å². The van der Waals surface area contributed by atoms with Gasteiger partial charge in [-0.2, -0.15) is 0 Å². The molecule has 0 saturated carbocycles. The fraction of sp³-hybridized carbons (Fsp3) is 0.625. The summed E-state index contributed by atoms with van der Waals surface area (Å²) in [7, 11) is 1.87. The Morgan fingerprint density at radius 3 is 2.71 bits per heavy atom. The molecule has 14 heavy (non-hydrogen) atoms. The topological polar surface area (TPSA) is 68.0 Å². The minimum Gasteiger partial charge on any atom is -0.480 e. The number of aromatic nitrogens is 3. The Morgan fingerprint density at radius 2 is 2.29 bits per heavy atom. The van der Waals surface area contributed by atoms with Crippen LogP contribution in [0.2, 0.25) is 0 Å². The Balaban J connectivity index is 2.54. The van der Waals surface area contributed by atoms with Crippen LogP contribution in [0.3, 0.4) is 0 Å². The number of carboxylic acids is 1. The highest BCUT2D eigenvalue weighted by molar-refractivity contribution is 7.99. The first kappa shape index (κ1) is 11.0. The lowest BCUT2D eigenvalue weighted by Gasteiger charge is -2.05. The van der Waals surface area contributed by atoms with E-state index in [1.807, 2.05) is 18.5 Å². The molecule has 0 aliphatic rings. The van der Waals surface area contributed by atoms with E-state index in [1.54, 1.807) is 6.92 Å². The molecule has 6 heteroatoms. The number of hydrogen-bond acceptors (Lipinski definition) is 4. The van der Waals surface area contributed by atoms with Crippen molar-refractivity contribution in [3.05, 3.63) is 11.6 Å². The molecule has 5 nitrogen and oxygen atoms in total. The van der Waals surface area contributed by atoms with Crippen molar-refractivity contribution in [1.29, 1.82) is 0 Å². The monoisotopic (exact) mass is 215 g/mol.